The van der Waals surface area contributed by atoms with E-state index in [-0.39, 0.29) is 37.9 Å². The maximum atomic E-state index is 2.63. The maximum Gasteiger partial charge on any atom is 0.0647 e. The van der Waals surface area contributed by atoms with Crippen LogP contribution in [0, 0.1) is 13.8 Å². The van der Waals surface area contributed by atoms with Crippen molar-refractivity contribution in [3.8, 4) is 0 Å². The molecule has 0 spiro atoms. The molecule has 0 N–H and O–H groups in total. The first-order chi connectivity index (χ1) is 29.9. The highest BCUT2D eigenvalue weighted by molar-refractivity contribution is 7.17. The first-order valence-electron chi connectivity index (χ1n) is 24.6. The van der Waals surface area contributed by atoms with Gasteiger partial charge in [0.1, 0.15) is 0 Å². The average Bonchev–Trinajstić information content (AvgIpc) is 3.61. The van der Waals surface area contributed by atoms with E-state index in [1.807, 2.05) is 11.3 Å². The van der Waals surface area contributed by atoms with Crippen molar-refractivity contribution in [2.24, 2.45) is 0 Å². The molecule has 0 aliphatic heterocycles. The van der Waals surface area contributed by atoms with Gasteiger partial charge in [0.05, 0.1) is 11.4 Å². The van der Waals surface area contributed by atoms with Crippen LogP contribution in [0.4, 0.5) is 34.1 Å². The van der Waals surface area contributed by atoms with Gasteiger partial charge in [0.25, 0.3) is 0 Å². The maximum absolute atomic E-state index is 2.63. The van der Waals surface area contributed by atoms with Gasteiger partial charge in [-0.25, -0.2) is 0 Å². The Morgan fingerprint density at radius 1 is 0.415 bits per heavy atom. The molecule has 0 saturated heterocycles. The molecule has 65 heavy (non-hydrogen) atoms. The zero-order valence-electron chi connectivity index (χ0n) is 43.8. The summed E-state index contributed by atoms with van der Waals surface area (Å²) in [6, 6.07) is 34.3. The molecule has 0 atom stereocenters. The number of hydrogen-bond donors (Lipinski definition) is 0. The molecule has 0 fully saturated rings. The number of anilines is 6. The Labute approximate surface area is 398 Å². The van der Waals surface area contributed by atoms with Crippen LogP contribution in [-0.2, 0) is 37.9 Å². The van der Waals surface area contributed by atoms with E-state index in [4.69, 9.17) is 0 Å². The molecule has 2 aliphatic rings. The normalized spacial score (nSPS) is 17.7. The van der Waals surface area contributed by atoms with Crippen LogP contribution in [0.25, 0.3) is 10.1 Å². The van der Waals surface area contributed by atoms with Gasteiger partial charge in [0.15, 0.2) is 0 Å². The molecule has 2 aliphatic carbocycles. The lowest BCUT2D eigenvalue weighted by Gasteiger charge is -2.43. The predicted octanol–water partition coefficient (Wildman–Crippen LogP) is 19.0. The molecular weight excluding hydrogens is 805 g/mol. The highest BCUT2D eigenvalue weighted by Gasteiger charge is 2.40. The van der Waals surface area contributed by atoms with Crippen LogP contribution in [0.1, 0.15) is 193 Å². The van der Waals surface area contributed by atoms with E-state index in [2.05, 4.69) is 232 Å². The quantitative estimate of drug-likeness (QED) is 0.164. The lowest BCUT2D eigenvalue weighted by atomic mass is 9.63. The van der Waals surface area contributed by atoms with Gasteiger partial charge >= 0.3 is 0 Å². The molecule has 0 radical (unpaired) electrons. The molecule has 0 unspecified atom stereocenters. The van der Waals surface area contributed by atoms with Crippen LogP contribution in [0.15, 0.2) is 90.3 Å². The van der Waals surface area contributed by atoms with Gasteiger partial charge in [-0.3, -0.25) is 0 Å². The molecule has 0 bridgehead atoms. The molecule has 2 nitrogen and oxygen atoms in total. The summed E-state index contributed by atoms with van der Waals surface area (Å²) in [5, 5.41) is 3.80. The molecule has 6 aromatic rings. The van der Waals surface area contributed by atoms with Gasteiger partial charge in [-0.15, -0.1) is 11.3 Å². The van der Waals surface area contributed by atoms with E-state index in [1.165, 1.54) is 120 Å². The van der Waals surface area contributed by atoms with Crippen molar-refractivity contribution in [1.29, 1.82) is 0 Å². The molecule has 1 heterocycles. The van der Waals surface area contributed by atoms with Gasteiger partial charge in [0.2, 0.25) is 0 Å². The molecule has 8 rings (SSSR count). The third kappa shape index (κ3) is 8.62. The standard InChI is InChI=1S/C62H80N2S/c1-39-30-42(57(6,7)8)31-40(2)55(39)64(44-22-20-41(21-23-44)56(3,4)5)47-33-43(58(9,10)11)32-46(34-47)63(45-24-25-49-50(35-45)60(14,15)27-26-59(49,12)13)53-38-65-54-37-52-51(36-48(53)54)61(16,17)28-29-62(52,18)19/h20-25,30-38H,26-29H2,1-19H3. The van der Waals surface area contributed by atoms with E-state index >= 15 is 0 Å². The number of aryl methyl sites for hydroxylation is 2. The molecule has 5 aromatic carbocycles. The summed E-state index contributed by atoms with van der Waals surface area (Å²) < 4.78 is 1.37. The lowest BCUT2D eigenvalue weighted by molar-refractivity contribution is 0.332. The van der Waals surface area contributed by atoms with E-state index in [1.54, 1.807) is 0 Å². The summed E-state index contributed by atoms with van der Waals surface area (Å²) in [5.41, 5.74) is 20.3. The third-order valence-electron chi connectivity index (χ3n) is 15.7. The SMILES string of the molecule is Cc1cc(C(C)(C)C)cc(C)c1N(c1ccc(C(C)(C)C)cc1)c1cc(N(c2ccc3c(c2)C(C)(C)CCC3(C)C)c2csc3cc4c(cc23)C(C)(C)CCC4(C)C)cc(C(C)(C)C)c1. The topological polar surface area (TPSA) is 6.48 Å². The Balaban J connectivity index is 1.45. The minimum Gasteiger partial charge on any atom is -0.310 e. The van der Waals surface area contributed by atoms with Crippen LogP contribution in [0.3, 0.4) is 0 Å². The Kier molecular flexibility index (Phi) is 11.3. The summed E-state index contributed by atoms with van der Waals surface area (Å²) in [6.07, 6.45) is 4.77. The summed E-state index contributed by atoms with van der Waals surface area (Å²) in [6.45, 7) is 45.3. The molecule has 344 valence electrons. The summed E-state index contributed by atoms with van der Waals surface area (Å²) in [4.78, 5) is 5.19. The largest absolute Gasteiger partial charge is 0.310 e. The zero-order chi connectivity index (χ0) is 47.6. The Morgan fingerprint density at radius 3 is 1.35 bits per heavy atom. The number of fused-ring (bicyclic) bond motifs is 3. The van der Waals surface area contributed by atoms with Gasteiger partial charge in [-0.1, -0.05) is 148 Å². The fourth-order valence-electron chi connectivity index (χ4n) is 10.9. The smallest absolute Gasteiger partial charge is 0.0647 e. The minimum atomic E-state index is -0.119. The van der Waals surface area contributed by atoms with E-state index < -0.39 is 0 Å². The second-order valence-corrected chi connectivity index (χ2v) is 26.9. The monoisotopic (exact) mass is 885 g/mol. The van der Waals surface area contributed by atoms with E-state index in [9.17, 15) is 0 Å². The molecule has 3 heteroatoms. The van der Waals surface area contributed by atoms with Crippen molar-refractivity contribution >= 4 is 55.5 Å². The van der Waals surface area contributed by atoms with Crippen molar-refractivity contribution in [2.75, 3.05) is 9.80 Å². The summed E-state index contributed by atoms with van der Waals surface area (Å²) in [5.74, 6) is 0. The van der Waals surface area contributed by atoms with Crippen molar-refractivity contribution in [3.05, 3.63) is 140 Å². The lowest BCUT2D eigenvalue weighted by Crippen LogP contribution is -2.34. The van der Waals surface area contributed by atoms with Crippen LogP contribution in [0.2, 0.25) is 0 Å². The minimum absolute atomic E-state index is 0.0409. The highest BCUT2D eigenvalue weighted by atomic mass is 32.1. The van der Waals surface area contributed by atoms with Crippen LogP contribution in [0.5, 0.6) is 0 Å². The van der Waals surface area contributed by atoms with Crippen molar-refractivity contribution in [3.63, 3.8) is 0 Å². The molecule has 0 amide bonds. The second kappa shape index (κ2) is 15.6. The number of thiophene rings is 1. The van der Waals surface area contributed by atoms with Gasteiger partial charge in [-0.05, 0) is 182 Å². The highest BCUT2D eigenvalue weighted by Crippen LogP contribution is 2.54. The van der Waals surface area contributed by atoms with Crippen LogP contribution >= 0.6 is 11.3 Å². The number of rotatable bonds is 6. The fourth-order valence-corrected chi connectivity index (χ4v) is 11.9. The van der Waals surface area contributed by atoms with Crippen molar-refractivity contribution in [2.45, 2.75) is 195 Å². The number of benzene rings is 5. The molecule has 0 saturated carbocycles. The summed E-state index contributed by atoms with van der Waals surface area (Å²) >= 11 is 1.91. The average molecular weight is 885 g/mol. The molecular formula is C62H80N2S. The van der Waals surface area contributed by atoms with Gasteiger partial charge < -0.3 is 9.80 Å². The Morgan fingerprint density at radius 2 is 0.846 bits per heavy atom. The first-order valence-corrected chi connectivity index (χ1v) is 25.5. The van der Waals surface area contributed by atoms with Crippen molar-refractivity contribution < 1.29 is 0 Å². The second-order valence-electron chi connectivity index (χ2n) is 25.9. The third-order valence-corrected chi connectivity index (χ3v) is 16.7. The van der Waals surface area contributed by atoms with Crippen LogP contribution in [-0.4, -0.2) is 0 Å². The van der Waals surface area contributed by atoms with Gasteiger partial charge in [0, 0.05) is 38.2 Å². The van der Waals surface area contributed by atoms with Gasteiger partial charge in [-0.2, -0.15) is 0 Å². The first kappa shape index (κ1) is 47.2. The zero-order valence-corrected chi connectivity index (χ0v) is 44.6. The Bertz CT molecular complexity index is 2760. The van der Waals surface area contributed by atoms with Crippen LogP contribution < -0.4 is 9.80 Å². The van der Waals surface area contributed by atoms with E-state index in [0.29, 0.717) is 0 Å². The Hall–Kier alpha value is -4.34. The fraction of sp³-hybridized carbons (Fsp3) is 0.484. The summed E-state index contributed by atoms with van der Waals surface area (Å²) in [7, 11) is 0. The number of hydrogen-bond acceptors (Lipinski definition) is 3. The molecule has 1 aromatic heterocycles. The predicted molar refractivity (Wildman–Crippen MR) is 287 cm³/mol. The number of nitrogens with zero attached hydrogens (tertiary/aromatic N) is 2. The van der Waals surface area contributed by atoms with Crippen molar-refractivity contribution in [1.82, 2.24) is 0 Å². The van der Waals surface area contributed by atoms with E-state index in [0.717, 1.165) is 0 Å².